The van der Waals surface area contributed by atoms with Crippen molar-refractivity contribution in [2.75, 3.05) is 13.2 Å². The van der Waals surface area contributed by atoms with Gasteiger partial charge < -0.3 is 4.74 Å². The third-order valence-corrected chi connectivity index (χ3v) is 5.33. The Labute approximate surface area is 97.6 Å². The summed E-state index contributed by atoms with van der Waals surface area (Å²) >= 11 is 5.66. The van der Waals surface area contributed by atoms with E-state index in [1.54, 1.807) is 0 Å². The molecule has 0 bridgehead atoms. The minimum Gasteiger partial charge on any atom is -0.381 e. The molecule has 0 N–H and O–H groups in total. The van der Waals surface area contributed by atoms with E-state index >= 15 is 0 Å². The predicted molar refractivity (Wildman–Crippen MR) is 64.1 cm³/mol. The Balaban J connectivity index is 2.06. The van der Waals surface area contributed by atoms with Crippen molar-refractivity contribution in [1.82, 2.24) is 0 Å². The Morgan fingerprint density at radius 1 is 1.64 bits per heavy atom. The van der Waals surface area contributed by atoms with Gasteiger partial charge in [-0.25, -0.2) is 0 Å². The molecule has 78 valence electrons. The average Bonchev–Trinajstić information content (AvgIpc) is 2.70. The third-order valence-electron chi connectivity index (χ3n) is 2.90. The van der Waals surface area contributed by atoms with Gasteiger partial charge in [0.15, 0.2) is 0 Å². The van der Waals surface area contributed by atoms with Crippen molar-refractivity contribution in [3.8, 4) is 0 Å². The number of hydrogen-bond donors (Lipinski definition) is 0. The van der Waals surface area contributed by atoms with Crippen LogP contribution in [0, 0.1) is 11.8 Å². The zero-order valence-electron chi connectivity index (χ0n) is 8.28. The summed E-state index contributed by atoms with van der Waals surface area (Å²) in [6, 6.07) is 4.34. The van der Waals surface area contributed by atoms with Gasteiger partial charge >= 0.3 is 0 Å². The fourth-order valence-corrected chi connectivity index (χ4v) is 4.03. The second-order valence-corrected chi connectivity index (χ2v) is 5.89. The summed E-state index contributed by atoms with van der Waals surface area (Å²) in [6.45, 7) is 4.12. The molecule has 3 atom stereocenters. The van der Waals surface area contributed by atoms with Crippen molar-refractivity contribution < 1.29 is 4.74 Å². The van der Waals surface area contributed by atoms with Gasteiger partial charge in [-0.15, -0.1) is 11.3 Å². The van der Waals surface area contributed by atoms with Crippen LogP contribution in [0.5, 0.6) is 0 Å². The van der Waals surface area contributed by atoms with Gasteiger partial charge in [0, 0.05) is 18.1 Å². The zero-order chi connectivity index (χ0) is 9.97. The van der Waals surface area contributed by atoms with E-state index in [4.69, 9.17) is 4.74 Å². The molecule has 2 rings (SSSR count). The second kappa shape index (κ2) is 4.77. The third kappa shape index (κ3) is 2.20. The molecule has 1 aliphatic rings. The van der Waals surface area contributed by atoms with Crippen LogP contribution in [-0.2, 0) is 4.74 Å². The van der Waals surface area contributed by atoms with E-state index in [9.17, 15) is 0 Å². The molecule has 3 heteroatoms. The first kappa shape index (κ1) is 10.7. The highest BCUT2D eigenvalue weighted by molar-refractivity contribution is 9.09. The van der Waals surface area contributed by atoms with Gasteiger partial charge in [-0.1, -0.05) is 28.9 Å². The monoisotopic (exact) mass is 274 g/mol. The lowest BCUT2D eigenvalue weighted by molar-refractivity contribution is 0.0243. The molecule has 0 aromatic carbocycles. The summed E-state index contributed by atoms with van der Waals surface area (Å²) in [5.74, 6) is 1.39. The number of hydrogen-bond acceptors (Lipinski definition) is 2. The number of alkyl halides is 1. The van der Waals surface area contributed by atoms with Crippen molar-refractivity contribution in [3.05, 3.63) is 22.4 Å². The summed E-state index contributed by atoms with van der Waals surface area (Å²) in [4.78, 5) is 1.96. The van der Waals surface area contributed by atoms with Crippen molar-refractivity contribution >= 4 is 27.3 Å². The molecule has 1 fully saturated rings. The maximum absolute atomic E-state index is 5.46. The Bertz CT molecular complexity index is 273. The number of halogens is 1. The van der Waals surface area contributed by atoms with Gasteiger partial charge in [0.25, 0.3) is 0 Å². The van der Waals surface area contributed by atoms with Crippen molar-refractivity contribution in [2.24, 2.45) is 11.8 Å². The molecule has 1 aromatic heterocycles. The maximum atomic E-state index is 5.46. The molecule has 0 radical (unpaired) electrons. The molecule has 2 heterocycles. The van der Waals surface area contributed by atoms with Gasteiger partial charge in [0.05, 0.1) is 4.83 Å². The van der Waals surface area contributed by atoms with E-state index in [-0.39, 0.29) is 0 Å². The first-order chi connectivity index (χ1) is 6.79. The van der Waals surface area contributed by atoms with E-state index in [1.165, 1.54) is 11.3 Å². The predicted octanol–water partition coefficient (Wildman–Crippen LogP) is 3.86. The quantitative estimate of drug-likeness (QED) is 0.745. The molecule has 1 aromatic rings. The fourth-order valence-electron chi connectivity index (χ4n) is 1.99. The van der Waals surface area contributed by atoms with Crippen molar-refractivity contribution in [3.63, 3.8) is 0 Å². The summed E-state index contributed by atoms with van der Waals surface area (Å²) in [7, 11) is 0. The van der Waals surface area contributed by atoms with Gasteiger partial charge in [-0.05, 0) is 29.7 Å². The molecule has 3 unspecified atom stereocenters. The van der Waals surface area contributed by atoms with Gasteiger partial charge in [-0.3, -0.25) is 0 Å². The maximum Gasteiger partial charge on any atom is 0.0521 e. The van der Waals surface area contributed by atoms with Crippen LogP contribution in [0.2, 0.25) is 0 Å². The standard InChI is InChI=1S/C11H15BrOS/c1-8-7-13-5-4-9(8)11(12)10-3-2-6-14-10/h2-3,6,8-9,11H,4-5,7H2,1H3. The highest BCUT2D eigenvalue weighted by Gasteiger charge is 2.29. The first-order valence-electron chi connectivity index (χ1n) is 5.04. The lowest BCUT2D eigenvalue weighted by Gasteiger charge is -2.32. The van der Waals surface area contributed by atoms with Crippen LogP contribution in [-0.4, -0.2) is 13.2 Å². The number of thiophene rings is 1. The van der Waals surface area contributed by atoms with Gasteiger partial charge in [0.1, 0.15) is 0 Å². The number of ether oxygens (including phenoxy) is 1. The average molecular weight is 275 g/mol. The molecule has 0 amide bonds. The molecule has 1 nitrogen and oxygen atoms in total. The Hall–Kier alpha value is 0.140. The van der Waals surface area contributed by atoms with Crippen molar-refractivity contribution in [2.45, 2.75) is 18.2 Å². The van der Waals surface area contributed by atoms with E-state index in [0.717, 1.165) is 19.1 Å². The minimum absolute atomic E-state index is 0.515. The molecule has 14 heavy (non-hydrogen) atoms. The van der Waals surface area contributed by atoms with Crippen LogP contribution >= 0.6 is 27.3 Å². The van der Waals surface area contributed by atoms with Crippen LogP contribution in [0.1, 0.15) is 23.0 Å². The summed E-state index contributed by atoms with van der Waals surface area (Å²) in [5, 5.41) is 2.15. The first-order valence-corrected chi connectivity index (χ1v) is 6.84. The van der Waals surface area contributed by atoms with Gasteiger partial charge in [0.2, 0.25) is 0 Å². The van der Waals surface area contributed by atoms with Crippen LogP contribution in [0.15, 0.2) is 17.5 Å². The van der Waals surface area contributed by atoms with Crippen LogP contribution in [0.25, 0.3) is 0 Å². The smallest absolute Gasteiger partial charge is 0.0521 e. The van der Waals surface area contributed by atoms with Crippen LogP contribution < -0.4 is 0 Å². The second-order valence-electron chi connectivity index (χ2n) is 3.92. The Morgan fingerprint density at radius 2 is 2.50 bits per heavy atom. The Morgan fingerprint density at radius 3 is 3.14 bits per heavy atom. The largest absolute Gasteiger partial charge is 0.381 e. The molecule has 1 aliphatic heterocycles. The summed E-state index contributed by atoms with van der Waals surface area (Å²) in [6.07, 6.45) is 1.18. The van der Waals surface area contributed by atoms with Crippen molar-refractivity contribution in [1.29, 1.82) is 0 Å². The van der Waals surface area contributed by atoms with E-state index in [2.05, 4.69) is 40.4 Å². The Kier molecular flexibility index (Phi) is 3.63. The molecule has 1 saturated heterocycles. The molecular weight excluding hydrogens is 260 g/mol. The van der Waals surface area contributed by atoms with Crippen LogP contribution in [0.4, 0.5) is 0 Å². The zero-order valence-corrected chi connectivity index (χ0v) is 10.7. The number of rotatable bonds is 2. The molecule has 0 spiro atoms. The highest BCUT2D eigenvalue weighted by Crippen LogP contribution is 2.41. The van der Waals surface area contributed by atoms with Gasteiger partial charge in [-0.2, -0.15) is 0 Å². The lowest BCUT2D eigenvalue weighted by Crippen LogP contribution is -2.27. The lowest BCUT2D eigenvalue weighted by atomic mass is 9.87. The van der Waals surface area contributed by atoms with E-state index in [0.29, 0.717) is 10.7 Å². The summed E-state index contributed by atoms with van der Waals surface area (Å²) in [5.41, 5.74) is 0. The molecule has 0 saturated carbocycles. The molecule has 0 aliphatic carbocycles. The molecular formula is C11H15BrOS. The van der Waals surface area contributed by atoms with Crippen LogP contribution in [0.3, 0.4) is 0 Å². The highest BCUT2D eigenvalue weighted by atomic mass is 79.9. The topological polar surface area (TPSA) is 9.23 Å². The van der Waals surface area contributed by atoms with E-state index in [1.807, 2.05) is 11.3 Å². The fraction of sp³-hybridized carbons (Fsp3) is 0.636. The SMILES string of the molecule is CC1COCCC1C(Br)c1cccs1. The van der Waals surface area contributed by atoms with E-state index < -0.39 is 0 Å². The summed E-state index contributed by atoms with van der Waals surface area (Å²) < 4.78 is 5.46. The normalized spacial score (nSPS) is 30.1. The minimum atomic E-state index is 0.515.